The van der Waals surface area contributed by atoms with Gasteiger partial charge in [-0.25, -0.2) is 0 Å². The third-order valence-corrected chi connectivity index (χ3v) is 16.4. The first-order chi connectivity index (χ1) is 36.1. The molecule has 0 saturated heterocycles. The highest BCUT2D eigenvalue weighted by atomic mass is 14.3. The fraction of sp³-hybridized carbons (Fsp3) is 0.0811. The van der Waals surface area contributed by atoms with Crippen LogP contribution in [0.15, 0.2) is 267 Å². The average molecular weight is 945 g/mol. The summed E-state index contributed by atoms with van der Waals surface area (Å²) in [5, 5.41) is 5.01. The lowest BCUT2D eigenvalue weighted by atomic mass is 9.77. The van der Waals surface area contributed by atoms with E-state index in [9.17, 15) is 0 Å². The van der Waals surface area contributed by atoms with Crippen LogP contribution < -0.4 is 0 Å². The Morgan fingerprint density at radius 2 is 0.365 bits per heavy atom. The van der Waals surface area contributed by atoms with E-state index in [1.807, 2.05) is 0 Å². The van der Waals surface area contributed by atoms with Gasteiger partial charge in [0.05, 0.1) is 0 Å². The largest absolute Gasteiger partial charge is 0.0616 e. The van der Waals surface area contributed by atoms with Gasteiger partial charge in [0.2, 0.25) is 0 Å². The van der Waals surface area contributed by atoms with Crippen LogP contribution >= 0.6 is 0 Å². The number of rotatable bonds is 0. The molecule has 0 atom stereocenters. The molecule has 0 radical (unpaired) electrons. The first-order valence-corrected chi connectivity index (χ1v) is 26.0. The van der Waals surface area contributed by atoms with Crippen LogP contribution in [0.4, 0.5) is 0 Å². The molecular weight excluding hydrogens is 889 g/mol. The highest BCUT2D eigenvalue weighted by Crippen LogP contribution is 2.41. The average Bonchev–Trinajstić information content (AvgIpc) is 3.46. The molecule has 28 rings (SSSR count). The number of benzene rings is 12. The lowest BCUT2D eigenvalue weighted by molar-refractivity contribution is 0.641. The molecule has 0 N–H and O–H groups in total. The Hall–Kier alpha value is -8.84. The molecule has 0 amide bonds. The summed E-state index contributed by atoms with van der Waals surface area (Å²) in [6, 6.07) is 99.9. The molecule has 0 saturated carbocycles. The Balaban J connectivity index is 0.861. The van der Waals surface area contributed by atoms with Crippen molar-refractivity contribution in [3.63, 3.8) is 0 Å². The zero-order valence-electron chi connectivity index (χ0n) is 42.4. The van der Waals surface area contributed by atoms with E-state index in [0.717, 1.165) is 0 Å². The van der Waals surface area contributed by atoms with Crippen LogP contribution in [-0.2, 0) is 10.8 Å². The minimum atomic E-state index is -0.166. The Morgan fingerprint density at radius 3 is 0.568 bits per heavy atom. The number of fused-ring (bicyclic) bond motifs is 1. The Labute approximate surface area is 435 Å². The van der Waals surface area contributed by atoms with Crippen molar-refractivity contribution in [1.29, 1.82) is 0 Å². The zero-order valence-corrected chi connectivity index (χ0v) is 42.4. The maximum Gasteiger partial charge on any atom is 0.0146 e. The Kier molecular flexibility index (Phi) is 11.0. The second-order valence-electron chi connectivity index (χ2n) is 21.4. The van der Waals surface area contributed by atoms with Crippen molar-refractivity contribution in [1.82, 2.24) is 0 Å². The first kappa shape index (κ1) is 45.1. The minimum Gasteiger partial charge on any atom is -0.0616 e. The monoisotopic (exact) mass is 944 g/mol. The lowest BCUT2D eigenvalue weighted by Gasteiger charge is -2.26. The molecule has 20 bridgehead atoms. The lowest BCUT2D eigenvalue weighted by Crippen LogP contribution is -2.18. The summed E-state index contributed by atoms with van der Waals surface area (Å²) in [6.07, 6.45) is 0. The summed E-state index contributed by atoms with van der Waals surface area (Å²) in [4.78, 5) is 0. The quantitative estimate of drug-likeness (QED) is 0.133. The van der Waals surface area contributed by atoms with Gasteiger partial charge in [-0.1, -0.05) is 282 Å². The van der Waals surface area contributed by atoms with E-state index in [2.05, 4.69) is 295 Å². The van der Waals surface area contributed by atoms with Gasteiger partial charge in [-0.05, 0) is 145 Å². The van der Waals surface area contributed by atoms with Crippen LogP contribution in [-0.4, -0.2) is 0 Å². The summed E-state index contributed by atoms with van der Waals surface area (Å²) in [7, 11) is 0. The van der Waals surface area contributed by atoms with Crippen LogP contribution in [0.25, 0.3) is 111 Å². The smallest absolute Gasteiger partial charge is 0.0146 e. The molecule has 0 unspecified atom stereocenters. The van der Waals surface area contributed by atoms with Crippen molar-refractivity contribution in [3.8, 4) is 89.0 Å². The maximum absolute atomic E-state index is 2.38. The van der Waals surface area contributed by atoms with Gasteiger partial charge >= 0.3 is 0 Å². The van der Waals surface area contributed by atoms with Crippen molar-refractivity contribution < 1.29 is 0 Å². The summed E-state index contributed by atoms with van der Waals surface area (Å²) >= 11 is 0. The fourth-order valence-electron chi connectivity index (χ4n) is 11.4. The first-order valence-electron chi connectivity index (χ1n) is 26.0. The molecule has 0 aromatic heterocycles. The van der Waals surface area contributed by atoms with Crippen molar-refractivity contribution in [3.05, 3.63) is 289 Å². The van der Waals surface area contributed by atoms with Crippen molar-refractivity contribution in [2.24, 2.45) is 0 Å². The van der Waals surface area contributed by atoms with E-state index >= 15 is 0 Å². The van der Waals surface area contributed by atoms with Crippen molar-refractivity contribution in [2.45, 2.75) is 38.5 Å². The van der Waals surface area contributed by atoms with Gasteiger partial charge < -0.3 is 0 Å². The molecule has 352 valence electrons. The van der Waals surface area contributed by atoms with Crippen LogP contribution in [0.2, 0.25) is 0 Å². The predicted molar refractivity (Wildman–Crippen MR) is 316 cm³/mol. The molecule has 0 spiro atoms. The van der Waals surface area contributed by atoms with E-state index < -0.39 is 0 Å². The predicted octanol–water partition coefficient (Wildman–Crippen LogP) is 20.3. The SMILES string of the molecule is CC1(C)c2ccc(cc2)-c2ccc(cc2)-c2ccc(cc2)-c2ccc(cc2)-c2ccc(cc2)C(C)(C)c2ccc(cc2)-c2ccc(cc2)-c2ccc(c3cc4ccccc4cc23)-c2ccc(cc2)-c2ccc1cc2. The molecule has 0 heteroatoms. The van der Waals surface area contributed by atoms with Gasteiger partial charge in [-0.15, -0.1) is 0 Å². The molecule has 16 aliphatic rings. The van der Waals surface area contributed by atoms with Gasteiger partial charge in [-0.3, -0.25) is 0 Å². The van der Waals surface area contributed by atoms with E-state index in [1.165, 1.54) is 133 Å². The third kappa shape index (κ3) is 8.14. The van der Waals surface area contributed by atoms with E-state index in [4.69, 9.17) is 0 Å². The van der Waals surface area contributed by atoms with Crippen LogP contribution in [0.5, 0.6) is 0 Å². The summed E-state index contributed by atoms with van der Waals surface area (Å²) < 4.78 is 0. The van der Waals surface area contributed by atoms with Gasteiger partial charge in [0, 0.05) is 10.8 Å². The Bertz CT molecular complexity index is 3720. The summed E-state index contributed by atoms with van der Waals surface area (Å²) in [5.41, 5.74) is 24.3. The van der Waals surface area contributed by atoms with E-state index in [0.29, 0.717) is 0 Å². The van der Waals surface area contributed by atoms with E-state index in [-0.39, 0.29) is 10.8 Å². The van der Waals surface area contributed by atoms with Crippen molar-refractivity contribution >= 4 is 21.5 Å². The molecule has 16 aliphatic carbocycles. The molecule has 0 heterocycles. The fourth-order valence-corrected chi connectivity index (χ4v) is 11.4. The molecule has 0 aliphatic heterocycles. The van der Waals surface area contributed by atoms with Crippen LogP contribution in [0.3, 0.4) is 0 Å². The second kappa shape index (κ2) is 18.0. The molecular formula is C74H56. The van der Waals surface area contributed by atoms with Crippen molar-refractivity contribution in [2.75, 3.05) is 0 Å². The third-order valence-electron chi connectivity index (χ3n) is 16.4. The number of hydrogen-bond acceptors (Lipinski definition) is 0. The number of hydrogen-bond donors (Lipinski definition) is 0. The van der Waals surface area contributed by atoms with Gasteiger partial charge in [-0.2, -0.15) is 0 Å². The molecule has 0 nitrogen and oxygen atoms in total. The topological polar surface area (TPSA) is 0 Å². The molecule has 74 heavy (non-hydrogen) atoms. The maximum atomic E-state index is 2.38. The molecule has 12 aromatic carbocycles. The zero-order chi connectivity index (χ0) is 50.0. The minimum absolute atomic E-state index is 0.166. The standard InChI is InChI=1S/C74H56/c1-73(2)65-37-29-57(30-38-65)53-17-13-51(14-18-53)49-9-11-50(12-10-49)52-15-19-54(20-16-52)58-31-39-66(40-32-58)74(3,4)68-43-35-60(36-44-68)56-23-27-62(28-24-56)70-46-45-69(71-47-63-7-5-6-8-64(63)48-72(70)71)61-25-21-55(22-26-61)59-33-41-67(73)42-34-59/h5-48H,1-4H3. The van der Waals surface area contributed by atoms with Gasteiger partial charge in [0.25, 0.3) is 0 Å². The highest BCUT2D eigenvalue weighted by Gasteiger charge is 2.25. The summed E-state index contributed by atoms with van der Waals surface area (Å²) in [5.74, 6) is 0. The molecule has 12 aromatic rings. The van der Waals surface area contributed by atoms with Gasteiger partial charge in [0.1, 0.15) is 0 Å². The van der Waals surface area contributed by atoms with Crippen LogP contribution in [0.1, 0.15) is 49.9 Å². The van der Waals surface area contributed by atoms with E-state index in [1.54, 1.807) is 0 Å². The van der Waals surface area contributed by atoms with Gasteiger partial charge in [0.15, 0.2) is 0 Å². The molecule has 0 fully saturated rings. The highest BCUT2D eigenvalue weighted by molar-refractivity contribution is 6.11. The van der Waals surface area contributed by atoms with Crippen LogP contribution in [0, 0.1) is 0 Å². The normalized spacial score (nSPS) is 13.4. The Morgan fingerprint density at radius 1 is 0.189 bits per heavy atom. The summed E-state index contributed by atoms with van der Waals surface area (Å²) in [6.45, 7) is 9.31. The second-order valence-corrected chi connectivity index (χ2v) is 21.4.